The minimum absolute atomic E-state index is 0.191. The molecule has 1 aliphatic heterocycles. The van der Waals surface area contributed by atoms with Crippen molar-refractivity contribution in [3.63, 3.8) is 0 Å². The number of hydrogen-bond donors (Lipinski definition) is 3. The lowest BCUT2D eigenvalue weighted by Gasteiger charge is -2.37. The Hall–Kier alpha value is -3.11. The Morgan fingerprint density at radius 3 is 2.78 bits per heavy atom. The first kappa shape index (κ1) is 22.1. The molecule has 0 saturated carbocycles. The summed E-state index contributed by atoms with van der Waals surface area (Å²) in [6.07, 6.45) is 1.03. The van der Waals surface area contributed by atoms with Crippen LogP contribution in [0.5, 0.6) is 0 Å². The average molecular weight is 461 g/mol. The van der Waals surface area contributed by atoms with Gasteiger partial charge in [0.1, 0.15) is 5.52 Å². The Bertz CT molecular complexity index is 1140. The summed E-state index contributed by atoms with van der Waals surface area (Å²) in [5, 5.41) is 3.31. The van der Waals surface area contributed by atoms with Gasteiger partial charge in [-0.25, -0.2) is 14.8 Å². The van der Waals surface area contributed by atoms with Crippen molar-refractivity contribution in [1.29, 1.82) is 0 Å². The van der Waals surface area contributed by atoms with E-state index in [0.29, 0.717) is 48.1 Å². The molecule has 0 spiro atoms. The second kappa shape index (κ2) is 9.17. The molecule has 1 amide bonds. The summed E-state index contributed by atoms with van der Waals surface area (Å²) in [5.74, 6) is 0.0676. The number of H-pyrrole nitrogens is 2. The van der Waals surface area contributed by atoms with Crippen LogP contribution in [0.3, 0.4) is 0 Å². The van der Waals surface area contributed by atoms with Crippen molar-refractivity contribution in [2.75, 3.05) is 32.2 Å². The van der Waals surface area contributed by atoms with Gasteiger partial charge in [-0.1, -0.05) is 24.6 Å². The zero-order valence-electron chi connectivity index (χ0n) is 18.1. The van der Waals surface area contributed by atoms with Crippen molar-refractivity contribution < 1.29 is 19.1 Å². The Balaban J connectivity index is 1.48. The van der Waals surface area contributed by atoms with Crippen LogP contribution in [-0.2, 0) is 15.9 Å². The number of aryl methyl sites for hydroxylation is 1. The molecular formula is C21H25ClN6O4. The van der Waals surface area contributed by atoms with Crippen molar-refractivity contribution in [2.45, 2.75) is 31.9 Å². The maximum absolute atomic E-state index is 12.7. The molecule has 0 radical (unpaired) electrons. The van der Waals surface area contributed by atoms with E-state index in [1.54, 1.807) is 19.2 Å². The van der Waals surface area contributed by atoms with Gasteiger partial charge in [-0.15, -0.1) is 0 Å². The number of rotatable bonds is 6. The molecule has 1 aliphatic rings. The fraction of sp³-hybridized carbons (Fsp3) is 0.429. The van der Waals surface area contributed by atoms with Crippen LogP contribution in [0.4, 0.5) is 5.95 Å². The third-order valence-corrected chi connectivity index (χ3v) is 5.99. The topological polar surface area (TPSA) is 125 Å². The zero-order valence-corrected chi connectivity index (χ0v) is 18.8. The van der Waals surface area contributed by atoms with Crippen LogP contribution in [0, 0.1) is 0 Å². The molecule has 11 heteroatoms. The summed E-state index contributed by atoms with van der Waals surface area (Å²) >= 11 is 6.06. The third kappa shape index (κ3) is 4.15. The highest BCUT2D eigenvalue weighted by molar-refractivity contribution is 6.30. The number of esters is 1. The lowest BCUT2D eigenvalue weighted by molar-refractivity contribution is 0.0536. The number of nitrogens with one attached hydrogen (secondary N) is 3. The van der Waals surface area contributed by atoms with E-state index in [0.717, 1.165) is 11.2 Å². The summed E-state index contributed by atoms with van der Waals surface area (Å²) in [7, 11) is 2.96. The Morgan fingerprint density at radius 1 is 1.28 bits per heavy atom. The molecule has 0 bridgehead atoms. The second-order valence-corrected chi connectivity index (χ2v) is 7.91. The van der Waals surface area contributed by atoms with Gasteiger partial charge < -0.3 is 29.7 Å². The summed E-state index contributed by atoms with van der Waals surface area (Å²) in [5.41, 5.74) is 2.43. The number of benzene rings is 1. The van der Waals surface area contributed by atoms with Gasteiger partial charge in [0, 0.05) is 20.2 Å². The van der Waals surface area contributed by atoms with E-state index in [9.17, 15) is 9.59 Å². The van der Waals surface area contributed by atoms with E-state index >= 15 is 0 Å². The molecule has 0 aliphatic carbocycles. The number of fused-ring (bicyclic) bond motifs is 1. The molecule has 3 heterocycles. The standard InChI is InChI=1S/C21H25ClN6O4/c1-4-12-17(22)27-18(23-12)19(29)24-13-8-9-28(10-15(13)31-2)21-25-14-7-5-6-11(16(14)26-21)20(30)32-3/h5-7,13,15H,4,8-10H2,1-3H3,(H,23,27)(H,24,29)(H,25,26)/t13-,15+/m0/s1. The lowest BCUT2D eigenvalue weighted by atomic mass is 10.0. The van der Waals surface area contributed by atoms with Gasteiger partial charge in [0.25, 0.3) is 5.91 Å². The minimum atomic E-state index is -0.436. The van der Waals surface area contributed by atoms with Gasteiger partial charge in [-0.3, -0.25) is 4.79 Å². The smallest absolute Gasteiger partial charge is 0.340 e. The number of carbonyl (C=O) groups excluding carboxylic acids is 2. The number of carbonyl (C=O) groups is 2. The fourth-order valence-corrected chi connectivity index (χ4v) is 4.19. The molecule has 3 aromatic rings. The maximum atomic E-state index is 12.7. The molecular weight excluding hydrogens is 436 g/mol. The normalized spacial score (nSPS) is 18.7. The molecule has 1 aromatic carbocycles. The van der Waals surface area contributed by atoms with Gasteiger partial charge in [0.2, 0.25) is 5.95 Å². The van der Waals surface area contributed by atoms with E-state index in [1.165, 1.54) is 7.11 Å². The largest absolute Gasteiger partial charge is 0.465 e. The van der Waals surface area contributed by atoms with Crippen LogP contribution in [0.1, 0.15) is 40.0 Å². The lowest BCUT2D eigenvalue weighted by Crippen LogP contribution is -2.55. The molecule has 0 unspecified atom stereocenters. The van der Waals surface area contributed by atoms with Gasteiger partial charge in [0.15, 0.2) is 11.0 Å². The molecule has 170 valence electrons. The molecule has 2 aromatic heterocycles. The van der Waals surface area contributed by atoms with Gasteiger partial charge in [-0.05, 0) is 25.0 Å². The number of imidazole rings is 2. The predicted molar refractivity (Wildman–Crippen MR) is 119 cm³/mol. The Kier molecular flexibility index (Phi) is 6.33. The van der Waals surface area contributed by atoms with E-state index in [-0.39, 0.29) is 23.9 Å². The number of aromatic nitrogens is 4. The molecule has 32 heavy (non-hydrogen) atoms. The van der Waals surface area contributed by atoms with E-state index in [4.69, 9.17) is 21.1 Å². The van der Waals surface area contributed by atoms with Crippen molar-refractivity contribution in [1.82, 2.24) is 25.3 Å². The fourth-order valence-electron chi connectivity index (χ4n) is 3.92. The number of anilines is 1. The number of nitrogens with zero attached hydrogens (tertiary/aromatic N) is 3. The van der Waals surface area contributed by atoms with Gasteiger partial charge in [-0.2, -0.15) is 0 Å². The number of hydrogen-bond acceptors (Lipinski definition) is 7. The summed E-state index contributed by atoms with van der Waals surface area (Å²) in [6, 6.07) is 5.12. The van der Waals surface area contributed by atoms with Crippen molar-refractivity contribution in [3.05, 3.63) is 40.4 Å². The number of ether oxygens (including phenoxy) is 2. The SMILES string of the molecule is CCc1[nH]c(C(=O)N[C@H]2CCN(c3nc4c(C(=O)OC)cccc4[nH]3)C[C@H]2OC)nc1Cl. The second-order valence-electron chi connectivity index (χ2n) is 7.55. The highest BCUT2D eigenvalue weighted by Gasteiger charge is 2.33. The Labute approximate surface area is 189 Å². The number of halogens is 1. The predicted octanol–water partition coefficient (Wildman–Crippen LogP) is 2.31. The van der Waals surface area contributed by atoms with E-state index in [2.05, 4.69) is 25.3 Å². The van der Waals surface area contributed by atoms with Crippen molar-refractivity contribution >= 4 is 40.5 Å². The highest BCUT2D eigenvalue weighted by atomic mass is 35.5. The number of methoxy groups -OCH3 is 2. The molecule has 3 N–H and O–H groups in total. The van der Waals surface area contributed by atoms with Crippen LogP contribution >= 0.6 is 11.6 Å². The summed E-state index contributed by atoms with van der Waals surface area (Å²) in [6.45, 7) is 3.08. The molecule has 10 nitrogen and oxygen atoms in total. The van der Waals surface area contributed by atoms with Crippen LogP contribution in [0.2, 0.25) is 5.15 Å². The first-order valence-electron chi connectivity index (χ1n) is 10.3. The van der Waals surface area contributed by atoms with Crippen molar-refractivity contribution in [2.24, 2.45) is 0 Å². The quantitative estimate of drug-likeness (QED) is 0.482. The Morgan fingerprint density at radius 2 is 2.09 bits per heavy atom. The maximum Gasteiger partial charge on any atom is 0.340 e. The molecule has 2 atom stereocenters. The van der Waals surface area contributed by atoms with Crippen LogP contribution in [0.25, 0.3) is 11.0 Å². The third-order valence-electron chi connectivity index (χ3n) is 5.68. The number of para-hydroxylation sites is 1. The summed E-state index contributed by atoms with van der Waals surface area (Å²) < 4.78 is 10.5. The van der Waals surface area contributed by atoms with E-state index < -0.39 is 5.97 Å². The molecule has 1 fully saturated rings. The van der Waals surface area contributed by atoms with Crippen molar-refractivity contribution in [3.8, 4) is 0 Å². The minimum Gasteiger partial charge on any atom is -0.465 e. The first-order valence-corrected chi connectivity index (χ1v) is 10.7. The van der Waals surface area contributed by atoms with Gasteiger partial charge >= 0.3 is 5.97 Å². The highest BCUT2D eigenvalue weighted by Crippen LogP contribution is 2.25. The number of amides is 1. The summed E-state index contributed by atoms with van der Waals surface area (Å²) in [4.78, 5) is 41.7. The average Bonchev–Trinajstić information content (AvgIpc) is 3.41. The molecule has 4 rings (SSSR count). The number of piperidine rings is 1. The monoisotopic (exact) mass is 460 g/mol. The zero-order chi connectivity index (χ0) is 22.8. The van der Waals surface area contributed by atoms with E-state index in [1.807, 2.05) is 17.9 Å². The molecule has 1 saturated heterocycles. The number of aromatic amines is 2. The van der Waals surface area contributed by atoms with Crippen LogP contribution in [0.15, 0.2) is 18.2 Å². The van der Waals surface area contributed by atoms with Crippen LogP contribution < -0.4 is 10.2 Å². The van der Waals surface area contributed by atoms with Crippen LogP contribution in [-0.4, -0.2) is 71.3 Å². The first-order chi connectivity index (χ1) is 15.4. The van der Waals surface area contributed by atoms with Gasteiger partial charge in [0.05, 0.1) is 36.0 Å².